The first-order valence-corrected chi connectivity index (χ1v) is 14.9. The van der Waals surface area contributed by atoms with Crippen LogP contribution in [0.25, 0.3) is 11.1 Å². The molecule has 0 fully saturated rings. The van der Waals surface area contributed by atoms with Crippen LogP contribution in [0.3, 0.4) is 0 Å². The Balaban J connectivity index is 1.67. The van der Waals surface area contributed by atoms with E-state index in [2.05, 4.69) is 132 Å². The van der Waals surface area contributed by atoms with E-state index in [1.54, 1.807) is 0 Å². The molecular formula is C32H29N5Si. The number of aromatic nitrogens is 2. The van der Waals surface area contributed by atoms with Crippen molar-refractivity contribution in [3.05, 3.63) is 104 Å². The van der Waals surface area contributed by atoms with Crippen LogP contribution in [0, 0.1) is 0 Å². The SMILES string of the molecule is CN(C)c1ccc2c(c1)N(c1ccccc1)c1cc(N(C)C)ccc1[Si]21c2ccncc2-c2cnccc21. The molecule has 0 N–H and O–H groups in total. The van der Waals surface area contributed by atoms with Crippen molar-refractivity contribution < 1.29 is 0 Å². The monoisotopic (exact) mass is 511 g/mol. The summed E-state index contributed by atoms with van der Waals surface area (Å²) < 4.78 is 0. The number of rotatable bonds is 3. The molecule has 2 aliphatic rings. The van der Waals surface area contributed by atoms with E-state index in [4.69, 9.17) is 0 Å². The maximum absolute atomic E-state index is 4.55. The molecule has 4 heterocycles. The van der Waals surface area contributed by atoms with Gasteiger partial charge in [-0.25, -0.2) is 0 Å². The summed E-state index contributed by atoms with van der Waals surface area (Å²) in [5.74, 6) is 0. The molecule has 7 rings (SSSR count). The Morgan fingerprint density at radius 2 is 1.08 bits per heavy atom. The third-order valence-corrected chi connectivity index (χ3v) is 13.0. The molecule has 3 aromatic carbocycles. The molecule has 0 unspecified atom stereocenters. The second-order valence-electron chi connectivity index (χ2n) is 10.5. The van der Waals surface area contributed by atoms with Gasteiger partial charge in [0.05, 0.1) is 0 Å². The molecule has 5 nitrogen and oxygen atoms in total. The number of hydrogen-bond donors (Lipinski definition) is 0. The van der Waals surface area contributed by atoms with E-state index in [0.717, 1.165) is 5.69 Å². The lowest BCUT2D eigenvalue weighted by atomic mass is 10.1. The summed E-state index contributed by atoms with van der Waals surface area (Å²) in [4.78, 5) is 15.9. The highest BCUT2D eigenvalue weighted by Gasteiger charge is 2.54. The van der Waals surface area contributed by atoms with Crippen molar-refractivity contribution in [1.29, 1.82) is 0 Å². The second-order valence-corrected chi connectivity index (χ2v) is 14.1. The predicted octanol–water partition coefficient (Wildman–Crippen LogP) is 3.75. The average molecular weight is 512 g/mol. The van der Waals surface area contributed by atoms with Crippen molar-refractivity contribution in [3.63, 3.8) is 0 Å². The number of fused-ring (bicyclic) bond motifs is 9. The Hall–Kier alpha value is -4.42. The highest BCUT2D eigenvalue weighted by Crippen LogP contribution is 2.42. The molecular weight excluding hydrogens is 482 g/mol. The van der Waals surface area contributed by atoms with Crippen molar-refractivity contribution in [3.8, 4) is 11.1 Å². The molecule has 0 amide bonds. The average Bonchev–Trinajstić information content (AvgIpc) is 3.24. The van der Waals surface area contributed by atoms with Crippen LogP contribution in [0.4, 0.5) is 28.4 Å². The van der Waals surface area contributed by atoms with Gasteiger partial charge >= 0.3 is 0 Å². The molecule has 38 heavy (non-hydrogen) atoms. The summed E-state index contributed by atoms with van der Waals surface area (Å²) in [5, 5.41) is 5.57. The molecule has 0 saturated carbocycles. The number of hydrogen-bond acceptors (Lipinski definition) is 5. The standard InChI is InChI=1S/C32H29N5Si/c1-35(2)23-10-12-31-27(18-23)37(22-8-6-5-7-9-22)28-19-24(36(3)4)11-13-32(28)38(31)29-14-16-33-20-25(29)26-21-34-17-15-30(26)38/h5-21H,1-4H3. The van der Waals surface area contributed by atoms with Gasteiger partial charge in [-0.15, -0.1) is 0 Å². The normalized spacial score (nSPS) is 13.9. The van der Waals surface area contributed by atoms with Crippen molar-refractivity contribution in [2.75, 3.05) is 42.9 Å². The van der Waals surface area contributed by atoms with E-state index < -0.39 is 8.07 Å². The summed E-state index contributed by atoms with van der Waals surface area (Å²) in [7, 11) is 5.79. The fourth-order valence-electron chi connectivity index (χ4n) is 6.33. The smallest absolute Gasteiger partial charge is 0.185 e. The van der Waals surface area contributed by atoms with E-state index in [9.17, 15) is 0 Å². The molecule has 6 heteroatoms. The van der Waals surface area contributed by atoms with Gasteiger partial charge in [0.1, 0.15) is 0 Å². The predicted molar refractivity (Wildman–Crippen MR) is 162 cm³/mol. The van der Waals surface area contributed by atoms with E-state index in [1.165, 1.54) is 54.6 Å². The minimum Gasteiger partial charge on any atom is -0.378 e. The highest BCUT2D eigenvalue weighted by atomic mass is 28.3. The Kier molecular flexibility index (Phi) is 4.97. The van der Waals surface area contributed by atoms with Gasteiger partial charge in [0.2, 0.25) is 0 Å². The first-order chi connectivity index (χ1) is 18.5. The minimum atomic E-state index is -2.65. The number of nitrogens with zero attached hydrogens (tertiary/aromatic N) is 5. The lowest BCUT2D eigenvalue weighted by Crippen LogP contribution is -2.75. The Labute approximate surface area is 224 Å². The highest BCUT2D eigenvalue weighted by molar-refractivity contribution is 7.23. The van der Waals surface area contributed by atoms with Crippen LogP contribution in [0.1, 0.15) is 0 Å². The van der Waals surface area contributed by atoms with E-state index in [0.29, 0.717) is 0 Å². The summed E-state index contributed by atoms with van der Waals surface area (Å²) >= 11 is 0. The molecule has 0 atom stereocenters. The first-order valence-electron chi connectivity index (χ1n) is 12.9. The van der Waals surface area contributed by atoms with Crippen LogP contribution >= 0.6 is 0 Å². The quantitative estimate of drug-likeness (QED) is 0.338. The first kappa shape index (κ1) is 22.7. The van der Waals surface area contributed by atoms with Crippen molar-refractivity contribution in [2.45, 2.75) is 0 Å². The minimum absolute atomic E-state index is 1.16. The summed E-state index contributed by atoms with van der Waals surface area (Å²) in [6.07, 6.45) is 7.97. The van der Waals surface area contributed by atoms with Crippen LogP contribution in [0.15, 0.2) is 104 Å². The van der Waals surface area contributed by atoms with Gasteiger partial charge in [0.25, 0.3) is 0 Å². The molecule has 0 bridgehead atoms. The van der Waals surface area contributed by atoms with Gasteiger partial charge in [-0.3, -0.25) is 9.97 Å². The fraction of sp³-hybridized carbons (Fsp3) is 0.125. The van der Waals surface area contributed by atoms with Crippen LogP contribution in [-0.2, 0) is 0 Å². The zero-order chi connectivity index (χ0) is 26.0. The molecule has 2 aliphatic heterocycles. The van der Waals surface area contributed by atoms with E-state index in [1.807, 2.05) is 24.8 Å². The Morgan fingerprint density at radius 1 is 0.579 bits per heavy atom. The third-order valence-electron chi connectivity index (χ3n) is 8.04. The summed E-state index contributed by atoms with van der Waals surface area (Å²) in [6, 6.07) is 29.3. The van der Waals surface area contributed by atoms with Crippen LogP contribution < -0.4 is 35.4 Å². The number of pyridine rings is 2. The summed E-state index contributed by atoms with van der Waals surface area (Å²) in [5.41, 5.74) is 8.43. The third kappa shape index (κ3) is 2.98. The molecule has 2 aromatic heterocycles. The Bertz CT molecular complexity index is 1590. The molecule has 0 aliphatic carbocycles. The molecule has 186 valence electrons. The van der Waals surface area contributed by atoms with Crippen molar-refractivity contribution >= 4 is 57.3 Å². The van der Waals surface area contributed by atoms with Gasteiger partial charge < -0.3 is 14.7 Å². The van der Waals surface area contributed by atoms with Gasteiger partial charge in [0, 0.05) is 92.5 Å². The molecule has 1 spiro atoms. The molecule has 0 radical (unpaired) electrons. The van der Waals surface area contributed by atoms with Gasteiger partial charge in [-0.2, -0.15) is 0 Å². The lowest BCUT2D eigenvalue weighted by molar-refractivity contribution is 1.12. The lowest BCUT2D eigenvalue weighted by Gasteiger charge is -2.44. The van der Waals surface area contributed by atoms with Crippen LogP contribution in [0.2, 0.25) is 0 Å². The van der Waals surface area contributed by atoms with E-state index >= 15 is 0 Å². The maximum Gasteiger partial charge on any atom is 0.185 e. The largest absolute Gasteiger partial charge is 0.378 e. The van der Waals surface area contributed by atoms with Gasteiger partial charge in [0.15, 0.2) is 8.07 Å². The van der Waals surface area contributed by atoms with Gasteiger partial charge in [-0.05, 0) is 69.3 Å². The van der Waals surface area contributed by atoms with Crippen molar-refractivity contribution in [2.24, 2.45) is 0 Å². The zero-order valence-electron chi connectivity index (χ0n) is 22.1. The second kappa shape index (κ2) is 8.30. The maximum atomic E-state index is 4.55. The van der Waals surface area contributed by atoms with Crippen LogP contribution in [0.5, 0.6) is 0 Å². The molecule has 5 aromatic rings. The summed E-state index contributed by atoms with van der Waals surface area (Å²) in [6.45, 7) is 0. The molecule has 0 saturated heterocycles. The zero-order valence-corrected chi connectivity index (χ0v) is 23.1. The van der Waals surface area contributed by atoms with Crippen molar-refractivity contribution in [1.82, 2.24) is 9.97 Å². The van der Waals surface area contributed by atoms with E-state index in [-0.39, 0.29) is 0 Å². The Morgan fingerprint density at radius 3 is 1.55 bits per heavy atom. The number of benzene rings is 3. The fourth-order valence-corrected chi connectivity index (χ4v) is 11.7. The van der Waals surface area contributed by atoms with Crippen LogP contribution in [-0.4, -0.2) is 46.2 Å². The number of anilines is 5. The number of para-hydroxylation sites is 1. The van der Waals surface area contributed by atoms with Gasteiger partial charge in [-0.1, -0.05) is 30.3 Å². The topological polar surface area (TPSA) is 35.5 Å².